The summed E-state index contributed by atoms with van der Waals surface area (Å²) in [5, 5.41) is 3.04. The Morgan fingerprint density at radius 3 is 2.26 bits per heavy atom. The Hall–Kier alpha value is -3.86. The Morgan fingerprint density at radius 2 is 1.63 bits per heavy atom. The molecule has 1 atom stereocenters. The summed E-state index contributed by atoms with van der Waals surface area (Å²) in [4.78, 5) is 28.8. The Labute approximate surface area is 250 Å². The zero-order chi connectivity index (χ0) is 31.2. The lowest BCUT2D eigenvalue weighted by atomic mass is 10.1. The van der Waals surface area contributed by atoms with Crippen molar-refractivity contribution in [2.75, 3.05) is 10.8 Å². The third-order valence-corrected chi connectivity index (χ3v) is 9.38. The molecule has 4 rings (SSSR count). The molecule has 1 saturated carbocycles. The fourth-order valence-electron chi connectivity index (χ4n) is 5.38. The molecule has 7 nitrogen and oxygen atoms in total. The zero-order valence-electron chi connectivity index (χ0n) is 24.2. The first-order valence-corrected chi connectivity index (χ1v) is 15.7. The minimum Gasteiger partial charge on any atom is -0.352 e. The van der Waals surface area contributed by atoms with Gasteiger partial charge in [-0.05, 0) is 62.1 Å². The summed E-state index contributed by atoms with van der Waals surface area (Å²) in [6.07, 6.45) is -0.802. The van der Waals surface area contributed by atoms with Gasteiger partial charge in [0.2, 0.25) is 11.8 Å². The van der Waals surface area contributed by atoms with E-state index in [1.54, 1.807) is 19.1 Å². The zero-order valence-corrected chi connectivity index (χ0v) is 25.0. The number of hydrogen-bond acceptors (Lipinski definition) is 4. The van der Waals surface area contributed by atoms with Crippen LogP contribution in [-0.2, 0) is 32.3 Å². The van der Waals surface area contributed by atoms with E-state index in [0.717, 1.165) is 48.9 Å². The highest BCUT2D eigenvalue weighted by atomic mass is 32.2. The number of halogens is 3. The molecule has 1 aliphatic carbocycles. The Kier molecular flexibility index (Phi) is 10.2. The van der Waals surface area contributed by atoms with Gasteiger partial charge in [0.15, 0.2) is 0 Å². The number of sulfonamides is 1. The van der Waals surface area contributed by atoms with Crippen LogP contribution in [0.3, 0.4) is 0 Å². The predicted molar refractivity (Wildman–Crippen MR) is 159 cm³/mol. The van der Waals surface area contributed by atoms with Gasteiger partial charge in [-0.1, -0.05) is 73.9 Å². The molecule has 11 heteroatoms. The number of carbonyl (C=O) groups is 2. The van der Waals surface area contributed by atoms with E-state index < -0.39 is 40.3 Å². The molecule has 0 bridgehead atoms. The third-order valence-electron chi connectivity index (χ3n) is 7.59. The van der Waals surface area contributed by atoms with E-state index in [0.29, 0.717) is 10.4 Å². The lowest BCUT2D eigenvalue weighted by Crippen LogP contribution is -2.53. The SMILES string of the molecule is CC[C@@H](C(=O)NC1CCCC1)N(Cc1cccc(C)c1)C(=O)CN(c1cccc(C(F)(F)F)c1)S(=O)(=O)c1ccccc1. The average molecular weight is 616 g/mol. The van der Waals surface area contributed by atoms with Crippen LogP contribution in [0.25, 0.3) is 0 Å². The molecular weight excluding hydrogens is 579 g/mol. The highest BCUT2D eigenvalue weighted by Crippen LogP contribution is 2.33. The van der Waals surface area contributed by atoms with E-state index in [4.69, 9.17) is 0 Å². The summed E-state index contributed by atoms with van der Waals surface area (Å²) in [6.45, 7) is 2.86. The van der Waals surface area contributed by atoms with E-state index in [2.05, 4.69) is 5.32 Å². The van der Waals surface area contributed by atoms with Crippen molar-refractivity contribution in [3.8, 4) is 0 Å². The second kappa shape index (κ2) is 13.6. The maximum Gasteiger partial charge on any atom is 0.416 e. The number of benzene rings is 3. The molecule has 0 radical (unpaired) electrons. The number of amides is 2. The van der Waals surface area contributed by atoms with Gasteiger partial charge in [0.25, 0.3) is 10.0 Å². The number of rotatable bonds is 11. The number of hydrogen-bond donors (Lipinski definition) is 1. The van der Waals surface area contributed by atoms with Crippen LogP contribution < -0.4 is 9.62 Å². The summed E-state index contributed by atoms with van der Waals surface area (Å²) < 4.78 is 69.3. The van der Waals surface area contributed by atoms with Crippen molar-refractivity contribution in [1.29, 1.82) is 0 Å². The molecule has 0 heterocycles. The summed E-state index contributed by atoms with van der Waals surface area (Å²) in [5.74, 6) is -1.06. The number of alkyl halides is 3. The molecule has 3 aromatic rings. The van der Waals surface area contributed by atoms with Crippen molar-refractivity contribution < 1.29 is 31.2 Å². The van der Waals surface area contributed by atoms with Gasteiger partial charge in [0, 0.05) is 12.6 Å². The second-order valence-electron chi connectivity index (χ2n) is 10.8. The number of nitrogens with one attached hydrogen (secondary N) is 1. The van der Waals surface area contributed by atoms with E-state index in [9.17, 15) is 31.2 Å². The standard InChI is InChI=1S/C32H36F3N3O4S/c1-3-29(31(40)36-26-14-7-8-15-26)37(21-24-12-9-11-23(2)19-24)30(39)22-38(43(41,42)28-17-5-4-6-18-28)27-16-10-13-25(20-27)32(33,34)35/h4-6,9-13,16-20,26,29H,3,7-8,14-15,21-22H2,1-2H3,(H,36,40)/t29-/m0/s1. The first-order chi connectivity index (χ1) is 20.4. The molecule has 2 amide bonds. The maximum atomic E-state index is 14.1. The average Bonchev–Trinajstić information content (AvgIpc) is 3.48. The third kappa shape index (κ3) is 7.95. The topological polar surface area (TPSA) is 86.8 Å². The highest BCUT2D eigenvalue weighted by molar-refractivity contribution is 7.92. The molecule has 0 aliphatic heterocycles. The quantitative estimate of drug-likeness (QED) is 0.284. The van der Waals surface area contributed by atoms with Crippen molar-refractivity contribution in [2.24, 2.45) is 0 Å². The molecule has 0 saturated heterocycles. The van der Waals surface area contributed by atoms with Crippen LogP contribution in [-0.4, -0.2) is 43.8 Å². The van der Waals surface area contributed by atoms with Gasteiger partial charge in [-0.15, -0.1) is 0 Å². The van der Waals surface area contributed by atoms with E-state index >= 15 is 0 Å². The summed E-state index contributed by atoms with van der Waals surface area (Å²) in [5.41, 5.74) is 0.304. The normalized spacial score (nSPS) is 14.7. The fourth-order valence-corrected chi connectivity index (χ4v) is 6.81. The second-order valence-corrected chi connectivity index (χ2v) is 12.7. The molecule has 3 aromatic carbocycles. The van der Waals surface area contributed by atoms with Crippen LogP contribution in [0.15, 0.2) is 83.8 Å². The van der Waals surface area contributed by atoms with Crippen molar-refractivity contribution in [2.45, 2.75) is 75.7 Å². The minimum absolute atomic E-state index is 0.00228. The van der Waals surface area contributed by atoms with Crippen molar-refractivity contribution in [3.63, 3.8) is 0 Å². The van der Waals surface area contributed by atoms with Crippen LogP contribution in [0.4, 0.5) is 18.9 Å². The molecule has 0 aromatic heterocycles. The predicted octanol–water partition coefficient (Wildman–Crippen LogP) is 6.08. The number of aryl methyl sites for hydroxylation is 1. The summed E-state index contributed by atoms with van der Waals surface area (Å²) in [6, 6.07) is 17.5. The molecule has 0 spiro atoms. The summed E-state index contributed by atoms with van der Waals surface area (Å²) in [7, 11) is -4.48. The molecule has 1 N–H and O–H groups in total. The van der Waals surface area contributed by atoms with Crippen LogP contribution >= 0.6 is 0 Å². The van der Waals surface area contributed by atoms with E-state index in [-0.39, 0.29) is 35.5 Å². The molecule has 0 unspecified atom stereocenters. The smallest absolute Gasteiger partial charge is 0.352 e. The number of anilines is 1. The van der Waals surface area contributed by atoms with Crippen LogP contribution in [0.1, 0.15) is 55.7 Å². The van der Waals surface area contributed by atoms with Crippen LogP contribution in [0, 0.1) is 6.92 Å². The first kappa shape index (κ1) is 32.1. The van der Waals surface area contributed by atoms with Gasteiger partial charge in [-0.3, -0.25) is 13.9 Å². The van der Waals surface area contributed by atoms with Gasteiger partial charge < -0.3 is 10.2 Å². The first-order valence-electron chi connectivity index (χ1n) is 14.3. The minimum atomic E-state index is -4.73. The largest absolute Gasteiger partial charge is 0.416 e. The molecule has 43 heavy (non-hydrogen) atoms. The Balaban J connectivity index is 1.75. The van der Waals surface area contributed by atoms with Crippen LogP contribution in [0.5, 0.6) is 0 Å². The van der Waals surface area contributed by atoms with Crippen molar-refractivity contribution in [1.82, 2.24) is 10.2 Å². The molecule has 1 fully saturated rings. The van der Waals surface area contributed by atoms with Crippen LogP contribution in [0.2, 0.25) is 0 Å². The maximum absolute atomic E-state index is 14.1. The lowest BCUT2D eigenvalue weighted by Gasteiger charge is -2.34. The Morgan fingerprint density at radius 1 is 0.953 bits per heavy atom. The fraction of sp³-hybridized carbons (Fsp3) is 0.375. The number of nitrogens with zero attached hydrogens (tertiary/aromatic N) is 2. The lowest BCUT2D eigenvalue weighted by molar-refractivity contribution is -0.140. The molecule has 230 valence electrons. The van der Waals surface area contributed by atoms with E-state index in [1.807, 2.05) is 25.1 Å². The highest BCUT2D eigenvalue weighted by Gasteiger charge is 2.36. The van der Waals surface area contributed by atoms with Crippen molar-refractivity contribution in [3.05, 3.63) is 95.6 Å². The Bertz CT molecular complexity index is 1520. The molecular formula is C32H36F3N3O4S. The van der Waals surface area contributed by atoms with Gasteiger partial charge in [-0.25, -0.2) is 8.42 Å². The van der Waals surface area contributed by atoms with Gasteiger partial charge in [-0.2, -0.15) is 13.2 Å². The van der Waals surface area contributed by atoms with E-state index in [1.165, 1.54) is 35.2 Å². The van der Waals surface area contributed by atoms with Gasteiger partial charge in [0.05, 0.1) is 16.1 Å². The molecule has 1 aliphatic rings. The van der Waals surface area contributed by atoms with Gasteiger partial charge >= 0.3 is 6.18 Å². The monoisotopic (exact) mass is 615 g/mol. The van der Waals surface area contributed by atoms with Crippen molar-refractivity contribution >= 4 is 27.5 Å². The number of carbonyl (C=O) groups excluding carboxylic acids is 2. The summed E-state index contributed by atoms with van der Waals surface area (Å²) >= 11 is 0. The van der Waals surface area contributed by atoms with Gasteiger partial charge in [0.1, 0.15) is 12.6 Å².